The Labute approximate surface area is 116 Å². The zero-order chi connectivity index (χ0) is 14.3. The fraction of sp³-hybridized carbons (Fsp3) is 0.462. The lowest BCUT2D eigenvalue weighted by Crippen LogP contribution is -2.28. The van der Waals surface area contributed by atoms with Gasteiger partial charge in [0.2, 0.25) is 5.16 Å². The van der Waals surface area contributed by atoms with Crippen LogP contribution in [0.1, 0.15) is 6.42 Å². The quantitative estimate of drug-likeness (QED) is 0.908. The molecule has 5 nitrogen and oxygen atoms in total. The predicted octanol–water partition coefficient (Wildman–Crippen LogP) is 1.46. The van der Waals surface area contributed by atoms with Crippen molar-refractivity contribution in [2.45, 2.75) is 11.6 Å². The van der Waals surface area contributed by atoms with Gasteiger partial charge in [0.05, 0.1) is 17.7 Å². The van der Waals surface area contributed by atoms with Crippen LogP contribution < -0.4 is 4.72 Å². The van der Waals surface area contributed by atoms with Crippen molar-refractivity contribution in [2.24, 2.45) is 18.9 Å². The molecule has 0 spiro atoms. The molecule has 0 amide bonds. The summed E-state index contributed by atoms with van der Waals surface area (Å²) in [6.45, 7) is -0.0984. The number of nitrogens with one attached hydrogen (secondary N) is 1. The Hall–Kier alpha value is -1.47. The number of fused-ring (bicyclic) bond motifs is 1. The van der Waals surface area contributed by atoms with Crippen molar-refractivity contribution in [3.05, 3.63) is 24.3 Å². The number of aromatic nitrogens is 2. The Morgan fingerprint density at radius 3 is 2.80 bits per heavy atom. The molecule has 20 heavy (non-hydrogen) atoms. The molecule has 108 valence electrons. The maximum atomic E-state index is 12.4. The number of rotatable bonds is 5. The lowest BCUT2D eigenvalue weighted by molar-refractivity contribution is 0.438. The van der Waals surface area contributed by atoms with E-state index in [0.717, 1.165) is 11.9 Å². The van der Waals surface area contributed by atoms with Crippen molar-refractivity contribution in [1.29, 1.82) is 0 Å². The molecule has 0 unspecified atom stereocenters. The van der Waals surface area contributed by atoms with E-state index in [4.69, 9.17) is 0 Å². The van der Waals surface area contributed by atoms with Crippen molar-refractivity contribution in [3.8, 4) is 0 Å². The lowest BCUT2D eigenvalue weighted by Gasteiger charge is -2.06. The molecular weight excluding hydrogens is 281 g/mol. The van der Waals surface area contributed by atoms with Gasteiger partial charge >= 0.3 is 0 Å². The molecule has 0 radical (unpaired) electrons. The summed E-state index contributed by atoms with van der Waals surface area (Å²) in [4.78, 5) is 4.16. The van der Waals surface area contributed by atoms with Gasteiger partial charge < -0.3 is 4.57 Å². The number of hydrogen-bond acceptors (Lipinski definition) is 3. The molecule has 0 saturated heterocycles. The van der Waals surface area contributed by atoms with Gasteiger partial charge in [0, 0.05) is 13.6 Å². The van der Waals surface area contributed by atoms with Crippen molar-refractivity contribution in [2.75, 3.05) is 13.2 Å². The maximum absolute atomic E-state index is 12.4. The first kappa shape index (κ1) is 13.5. The van der Waals surface area contributed by atoms with Gasteiger partial charge in [-0.2, -0.15) is 0 Å². The molecule has 1 heterocycles. The lowest BCUT2D eigenvalue weighted by atomic mass is 10.3. The number of alkyl halides is 1. The second kappa shape index (κ2) is 4.82. The summed E-state index contributed by atoms with van der Waals surface area (Å²) in [7, 11) is -1.99. The highest BCUT2D eigenvalue weighted by atomic mass is 32.2. The third-order valence-electron chi connectivity index (χ3n) is 3.79. The standard InChI is InChI=1S/C13H16FN3O2S/c1-17-12-5-3-2-4-11(12)16-13(17)20(18,19)15-8-10-6-9(10)7-14/h2-5,9-10,15H,6-8H2,1H3/t9-,10+/m1/s1. The second-order valence-electron chi connectivity index (χ2n) is 5.20. The predicted molar refractivity (Wildman–Crippen MR) is 73.5 cm³/mol. The van der Waals surface area contributed by atoms with E-state index in [1.54, 1.807) is 17.7 Å². The molecule has 2 aromatic rings. The van der Waals surface area contributed by atoms with E-state index >= 15 is 0 Å². The largest absolute Gasteiger partial charge is 0.317 e. The Bertz CT molecular complexity index is 741. The van der Waals surface area contributed by atoms with Gasteiger partial charge in [-0.3, -0.25) is 4.39 Å². The SMILES string of the molecule is Cn1c(S(=O)(=O)NC[C@@H]2C[C@@H]2CF)nc2ccccc21. The number of imidazole rings is 1. The van der Waals surface area contributed by atoms with Crippen LogP contribution in [0.15, 0.2) is 29.4 Å². The summed E-state index contributed by atoms with van der Waals surface area (Å²) < 4.78 is 41.0. The fourth-order valence-electron chi connectivity index (χ4n) is 2.39. The van der Waals surface area contributed by atoms with Gasteiger partial charge in [0.25, 0.3) is 10.0 Å². The molecule has 0 bridgehead atoms. The Balaban J connectivity index is 1.84. The van der Waals surface area contributed by atoms with Gasteiger partial charge in [-0.05, 0) is 30.4 Å². The molecular formula is C13H16FN3O2S. The Morgan fingerprint density at radius 1 is 1.40 bits per heavy atom. The second-order valence-corrected chi connectivity index (χ2v) is 6.86. The van der Waals surface area contributed by atoms with E-state index in [0.29, 0.717) is 5.52 Å². The van der Waals surface area contributed by atoms with E-state index in [2.05, 4.69) is 9.71 Å². The number of aryl methyl sites for hydroxylation is 1. The van der Waals surface area contributed by atoms with Gasteiger partial charge in [-0.1, -0.05) is 12.1 Å². The van der Waals surface area contributed by atoms with Crippen LogP contribution in [0, 0.1) is 11.8 Å². The summed E-state index contributed by atoms with van der Waals surface area (Å²) in [5.74, 6) is 0.127. The minimum atomic E-state index is -3.66. The molecule has 1 saturated carbocycles. The Morgan fingerprint density at radius 2 is 2.15 bits per heavy atom. The molecule has 1 aromatic carbocycles. The van der Waals surface area contributed by atoms with E-state index in [-0.39, 0.29) is 30.2 Å². The highest BCUT2D eigenvalue weighted by molar-refractivity contribution is 7.89. The van der Waals surface area contributed by atoms with Crippen molar-refractivity contribution in [1.82, 2.24) is 14.3 Å². The van der Waals surface area contributed by atoms with Crippen LogP contribution in [0.3, 0.4) is 0 Å². The minimum absolute atomic E-state index is 0.00357. The summed E-state index contributed by atoms with van der Waals surface area (Å²) in [6, 6.07) is 7.24. The summed E-state index contributed by atoms with van der Waals surface area (Å²) >= 11 is 0. The maximum Gasteiger partial charge on any atom is 0.274 e. The summed E-state index contributed by atoms with van der Waals surface area (Å²) in [5.41, 5.74) is 1.41. The first-order chi connectivity index (χ1) is 9.53. The van der Waals surface area contributed by atoms with Gasteiger partial charge in [-0.15, -0.1) is 0 Å². The average Bonchev–Trinajstić information content (AvgIpc) is 3.13. The van der Waals surface area contributed by atoms with E-state index in [1.807, 2.05) is 18.2 Å². The van der Waals surface area contributed by atoms with Crippen LogP contribution >= 0.6 is 0 Å². The third kappa shape index (κ3) is 2.31. The molecule has 1 aliphatic carbocycles. The highest BCUT2D eigenvalue weighted by Crippen LogP contribution is 2.38. The number of para-hydroxylation sites is 2. The summed E-state index contributed by atoms with van der Waals surface area (Å²) in [5, 5.41) is -0.00357. The highest BCUT2D eigenvalue weighted by Gasteiger charge is 2.38. The van der Waals surface area contributed by atoms with Gasteiger partial charge in [-0.25, -0.2) is 18.1 Å². The Kier molecular flexibility index (Phi) is 3.25. The van der Waals surface area contributed by atoms with Crippen LogP contribution in [-0.2, 0) is 17.1 Å². The molecule has 1 fully saturated rings. The van der Waals surface area contributed by atoms with Crippen molar-refractivity contribution in [3.63, 3.8) is 0 Å². The molecule has 0 aliphatic heterocycles. The minimum Gasteiger partial charge on any atom is -0.317 e. The fourth-order valence-corrected chi connectivity index (χ4v) is 3.63. The van der Waals surface area contributed by atoms with Crippen molar-refractivity contribution >= 4 is 21.1 Å². The first-order valence-corrected chi connectivity index (χ1v) is 7.98. The smallest absolute Gasteiger partial charge is 0.274 e. The number of halogens is 1. The summed E-state index contributed by atoms with van der Waals surface area (Å²) in [6.07, 6.45) is 0.752. The normalized spacial score (nSPS) is 22.3. The van der Waals surface area contributed by atoms with Crippen LogP contribution in [0.5, 0.6) is 0 Å². The first-order valence-electron chi connectivity index (χ1n) is 6.50. The van der Waals surface area contributed by atoms with Crippen molar-refractivity contribution < 1.29 is 12.8 Å². The van der Waals surface area contributed by atoms with E-state index in [1.165, 1.54) is 0 Å². The van der Waals surface area contributed by atoms with Gasteiger partial charge in [0.1, 0.15) is 0 Å². The number of nitrogens with zero attached hydrogens (tertiary/aromatic N) is 2. The van der Waals surface area contributed by atoms with Crippen LogP contribution in [0.25, 0.3) is 11.0 Å². The topological polar surface area (TPSA) is 64.0 Å². The van der Waals surface area contributed by atoms with Gasteiger partial charge in [0.15, 0.2) is 0 Å². The number of benzene rings is 1. The molecule has 3 rings (SSSR count). The average molecular weight is 297 g/mol. The molecule has 1 N–H and O–H groups in total. The zero-order valence-corrected chi connectivity index (χ0v) is 11.9. The molecule has 7 heteroatoms. The zero-order valence-electron chi connectivity index (χ0n) is 11.1. The number of hydrogen-bond donors (Lipinski definition) is 1. The van der Waals surface area contributed by atoms with Crippen LogP contribution in [0.4, 0.5) is 4.39 Å². The number of sulfonamides is 1. The van der Waals surface area contributed by atoms with E-state index in [9.17, 15) is 12.8 Å². The molecule has 1 aliphatic rings. The van der Waals surface area contributed by atoms with Crippen LogP contribution in [0.2, 0.25) is 0 Å². The van der Waals surface area contributed by atoms with Crippen LogP contribution in [-0.4, -0.2) is 31.2 Å². The van der Waals surface area contributed by atoms with E-state index < -0.39 is 10.0 Å². The molecule has 1 aromatic heterocycles. The third-order valence-corrected chi connectivity index (χ3v) is 5.18. The molecule has 2 atom stereocenters. The monoisotopic (exact) mass is 297 g/mol.